The zero-order valence-corrected chi connectivity index (χ0v) is 15.5. The van der Waals surface area contributed by atoms with Crippen molar-refractivity contribution in [1.29, 1.82) is 0 Å². The molecule has 25 heavy (non-hydrogen) atoms. The van der Waals surface area contributed by atoms with E-state index < -0.39 is 6.10 Å². The Kier molecular flexibility index (Phi) is 8.15. The fraction of sp³-hybridized carbons (Fsp3) is 0.500. The lowest BCUT2D eigenvalue weighted by molar-refractivity contribution is 0.0288. The van der Waals surface area contributed by atoms with Gasteiger partial charge in [-0.15, -0.1) is 0 Å². The van der Waals surface area contributed by atoms with E-state index in [1.54, 1.807) is 14.2 Å². The molecule has 0 bridgehead atoms. The van der Waals surface area contributed by atoms with Crippen molar-refractivity contribution < 1.29 is 14.6 Å². The normalized spacial score (nSPS) is 12.7. The van der Waals surface area contributed by atoms with Gasteiger partial charge in [0.25, 0.3) is 0 Å². The third-order valence-corrected chi connectivity index (χ3v) is 4.35. The summed E-state index contributed by atoms with van der Waals surface area (Å²) in [5, 5.41) is 10.1. The molecule has 5 nitrogen and oxygen atoms in total. The average Bonchev–Trinajstić information content (AvgIpc) is 3.02. The molecule has 0 aliphatic heterocycles. The zero-order valence-electron chi connectivity index (χ0n) is 15.5. The number of methoxy groups -OCH3 is 2. The second-order valence-electron chi connectivity index (χ2n) is 6.39. The van der Waals surface area contributed by atoms with Crippen LogP contribution < -0.4 is 0 Å². The SMILES string of the molecule is COCCN(Cc1cccn1Cc1ccccc1C)C[C@H](O)COC. The van der Waals surface area contributed by atoms with E-state index in [2.05, 4.69) is 59.0 Å². The molecule has 1 aromatic heterocycles. The molecule has 2 aromatic rings. The van der Waals surface area contributed by atoms with E-state index in [-0.39, 0.29) is 0 Å². The molecule has 0 unspecified atom stereocenters. The Morgan fingerprint density at radius 3 is 2.64 bits per heavy atom. The van der Waals surface area contributed by atoms with Crippen molar-refractivity contribution in [3.63, 3.8) is 0 Å². The third kappa shape index (κ3) is 6.29. The number of hydrogen-bond donors (Lipinski definition) is 1. The molecule has 0 aliphatic carbocycles. The molecule has 1 heterocycles. The van der Waals surface area contributed by atoms with Crippen LogP contribution in [0.1, 0.15) is 16.8 Å². The molecule has 0 saturated carbocycles. The van der Waals surface area contributed by atoms with Crippen molar-refractivity contribution >= 4 is 0 Å². The van der Waals surface area contributed by atoms with Crippen LogP contribution in [0, 0.1) is 6.92 Å². The quantitative estimate of drug-likeness (QED) is 0.678. The van der Waals surface area contributed by atoms with Crippen molar-refractivity contribution in [3.8, 4) is 0 Å². The molecular weight excluding hydrogens is 316 g/mol. The Morgan fingerprint density at radius 1 is 1.12 bits per heavy atom. The summed E-state index contributed by atoms with van der Waals surface area (Å²) in [4.78, 5) is 2.21. The second kappa shape index (κ2) is 10.4. The largest absolute Gasteiger partial charge is 0.389 e. The smallest absolute Gasteiger partial charge is 0.0900 e. The van der Waals surface area contributed by atoms with E-state index in [4.69, 9.17) is 9.47 Å². The highest BCUT2D eigenvalue weighted by Gasteiger charge is 2.14. The second-order valence-corrected chi connectivity index (χ2v) is 6.39. The molecular formula is C20H30N2O3. The van der Waals surface area contributed by atoms with Gasteiger partial charge in [0.2, 0.25) is 0 Å². The molecule has 0 radical (unpaired) electrons. The van der Waals surface area contributed by atoms with Crippen LogP contribution in [0.4, 0.5) is 0 Å². The van der Waals surface area contributed by atoms with E-state index in [0.717, 1.165) is 19.6 Å². The fourth-order valence-corrected chi connectivity index (χ4v) is 2.95. The molecule has 0 saturated heterocycles. The lowest BCUT2D eigenvalue weighted by Gasteiger charge is -2.25. The highest BCUT2D eigenvalue weighted by molar-refractivity contribution is 5.26. The molecule has 1 N–H and O–H groups in total. The van der Waals surface area contributed by atoms with Gasteiger partial charge in [0.05, 0.1) is 19.3 Å². The average molecular weight is 346 g/mol. The lowest BCUT2D eigenvalue weighted by atomic mass is 10.1. The summed E-state index contributed by atoms with van der Waals surface area (Å²) < 4.78 is 12.5. The molecule has 2 rings (SSSR count). The number of aryl methyl sites for hydroxylation is 1. The third-order valence-electron chi connectivity index (χ3n) is 4.35. The van der Waals surface area contributed by atoms with Gasteiger partial charge in [-0.3, -0.25) is 4.90 Å². The summed E-state index contributed by atoms with van der Waals surface area (Å²) in [6.45, 7) is 6.08. The van der Waals surface area contributed by atoms with Crippen molar-refractivity contribution in [2.24, 2.45) is 0 Å². The van der Waals surface area contributed by atoms with Crippen LogP contribution in [-0.4, -0.2) is 61.2 Å². The Labute approximate surface area is 150 Å². The van der Waals surface area contributed by atoms with Crippen LogP contribution in [0.5, 0.6) is 0 Å². The van der Waals surface area contributed by atoms with E-state index in [1.807, 2.05) is 0 Å². The van der Waals surface area contributed by atoms with E-state index in [0.29, 0.717) is 19.8 Å². The Hall–Kier alpha value is -1.66. The van der Waals surface area contributed by atoms with Gasteiger partial charge >= 0.3 is 0 Å². The van der Waals surface area contributed by atoms with E-state index in [9.17, 15) is 5.11 Å². The van der Waals surface area contributed by atoms with Gasteiger partial charge in [0.15, 0.2) is 0 Å². The van der Waals surface area contributed by atoms with Crippen LogP contribution in [0.3, 0.4) is 0 Å². The first kappa shape index (κ1) is 19.7. The summed E-state index contributed by atoms with van der Waals surface area (Å²) in [5.41, 5.74) is 3.85. The zero-order chi connectivity index (χ0) is 18.1. The van der Waals surface area contributed by atoms with Crippen LogP contribution in [0.2, 0.25) is 0 Å². The molecule has 0 spiro atoms. The molecule has 5 heteroatoms. The van der Waals surface area contributed by atoms with E-state index in [1.165, 1.54) is 16.8 Å². The molecule has 0 fully saturated rings. The first-order chi connectivity index (χ1) is 12.1. The predicted octanol–water partition coefficient (Wildman–Crippen LogP) is 2.30. The first-order valence-corrected chi connectivity index (χ1v) is 8.71. The van der Waals surface area contributed by atoms with Gasteiger partial charge in [-0.1, -0.05) is 24.3 Å². The topological polar surface area (TPSA) is 46.9 Å². The highest BCUT2D eigenvalue weighted by Crippen LogP contribution is 2.14. The maximum absolute atomic E-state index is 10.1. The monoisotopic (exact) mass is 346 g/mol. The minimum absolute atomic E-state index is 0.341. The Bertz CT molecular complexity index is 627. The first-order valence-electron chi connectivity index (χ1n) is 8.71. The van der Waals surface area contributed by atoms with Crippen molar-refractivity contribution in [1.82, 2.24) is 9.47 Å². The van der Waals surface area contributed by atoms with Gasteiger partial charge in [0, 0.05) is 52.3 Å². The summed E-state index contributed by atoms with van der Waals surface area (Å²) in [7, 11) is 3.31. The summed E-state index contributed by atoms with van der Waals surface area (Å²) in [6.07, 6.45) is 1.61. The van der Waals surface area contributed by atoms with Gasteiger partial charge in [0.1, 0.15) is 0 Å². The maximum Gasteiger partial charge on any atom is 0.0900 e. The molecule has 1 atom stereocenters. The van der Waals surface area contributed by atoms with Crippen LogP contribution in [0.15, 0.2) is 42.6 Å². The molecule has 0 aliphatic rings. The van der Waals surface area contributed by atoms with Crippen LogP contribution in [0.25, 0.3) is 0 Å². The number of nitrogens with zero attached hydrogens (tertiary/aromatic N) is 2. The van der Waals surface area contributed by atoms with Crippen LogP contribution >= 0.6 is 0 Å². The summed E-state index contributed by atoms with van der Waals surface area (Å²) >= 11 is 0. The van der Waals surface area contributed by atoms with E-state index >= 15 is 0 Å². The predicted molar refractivity (Wildman–Crippen MR) is 99.7 cm³/mol. The van der Waals surface area contributed by atoms with Gasteiger partial charge < -0.3 is 19.1 Å². The fourth-order valence-electron chi connectivity index (χ4n) is 2.95. The van der Waals surface area contributed by atoms with Crippen molar-refractivity contribution in [2.45, 2.75) is 26.1 Å². The number of hydrogen-bond acceptors (Lipinski definition) is 4. The molecule has 1 aromatic carbocycles. The Balaban J connectivity index is 2.06. The van der Waals surface area contributed by atoms with Crippen molar-refractivity contribution in [2.75, 3.05) is 40.5 Å². The van der Waals surface area contributed by atoms with Gasteiger partial charge in [-0.05, 0) is 30.2 Å². The number of aromatic nitrogens is 1. The maximum atomic E-state index is 10.1. The number of rotatable bonds is 11. The highest BCUT2D eigenvalue weighted by atomic mass is 16.5. The number of aliphatic hydroxyl groups is 1. The summed E-state index contributed by atoms with van der Waals surface area (Å²) in [5.74, 6) is 0. The van der Waals surface area contributed by atoms with Crippen molar-refractivity contribution in [3.05, 3.63) is 59.4 Å². The summed E-state index contributed by atoms with van der Waals surface area (Å²) in [6, 6.07) is 12.7. The van der Waals surface area contributed by atoms with Gasteiger partial charge in [-0.2, -0.15) is 0 Å². The minimum Gasteiger partial charge on any atom is -0.389 e. The lowest BCUT2D eigenvalue weighted by Crippen LogP contribution is -2.37. The molecule has 0 amide bonds. The standard InChI is InChI=1S/C20H30N2O3/c1-17-7-4-5-8-18(17)13-22-10-6-9-19(22)14-21(11-12-24-2)15-20(23)16-25-3/h4-10,20,23H,11-16H2,1-3H3/t20-/m0/s1. The number of ether oxygens (including phenoxy) is 2. The van der Waals surface area contributed by atoms with Gasteiger partial charge in [-0.25, -0.2) is 0 Å². The number of aliphatic hydroxyl groups excluding tert-OH is 1. The molecule has 138 valence electrons. The Morgan fingerprint density at radius 2 is 1.92 bits per heavy atom. The number of benzene rings is 1. The minimum atomic E-state index is -0.498. The van der Waals surface area contributed by atoms with Crippen LogP contribution in [-0.2, 0) is 22.6 Å².